The van der Waals surface area contributed by atoms with Crippen molar-refractivity contribution in [3.63, 3.8) is 0 Å². The van der Waals surface area contributed by atoms with Crippen molar-refractivity contribution in [1.82, 2.24) is 9.80 Å². The Labute approximate surface area is 140 Å². The number of ether oxygens (including phenoxy) is 1. The first-order valence-electron chi connectivity index (χ1n) is 8.09. The van der Waals surface area contributed by atoms with E-state index in [1.165, 1.54) is 11.3 Å². The molecule has 7 heteroatoms. The lowest BCUT2D eigenvalue weighted by atomic mass is 9.99. The average molecular weight is 337 g/mol. The zero-order valence-corrected chi connectivity index (χ0v) is 14.2. The van der Waals surface area contributed by atoms with Gasteiger partial charge in [0.15, 0.2) is 0 Å². The van der Waals surface area contributed by atoms with Crippen LogP contribution in [-0.2, 0) is 4.74 Å². The molecule has 0 radical (unpaired) electrons. The maximum atomic E-state index is 12.7. The average Bonchev–Trinajstić information content (AvgIpc) is 3.22. The van der Waals surface area contributed by atoms with Crippen molar-refractivity contribution in [2.24, 2.45) is 11.7 Å². The van der Waals surface area contributed by atoms with Gasteiger partial charge in [-0.3, -0.25) is 14.5 Å². The van der Waals surface area contributed by atoms with Crippen LogP contribution >= 0.6 is 11.3 Å². The van der Waals surface area contributed by atoms with Crippen molar-refractivity contribution in [1.29, 1.82) is 0 Å². The molecule has 2 N–H and O–H groups in total. The van der Waals surface area contributed by atoms with Crippen LogP contribution in [0.25, 0.3) is 0 Å². The standard InChI is InChI=1S/C16H23N3O3S/c1-2-11-8-19(9-13(11)18-3-5-22-6-4-18)16(21)14-7-12(10-23-14)15(17)20/h7,10-11,13H,2-6,8-9H2,1H3,(H2,17,20)/t11-,13-/m0/s1. The first-order valence-corrected chi connectivity index (χ1v) is 8.97. The summed E-state index contributed by atoms with van der Waals surface area (Å²) in [5.41, 5.74) is 5.68. The summed E-state index contributed by atoms with van der Waals surface area (Å²) < 4.78 is 5.43. The summed E-state index contributed by atoms with van der Waals surface area (Å²) in [7, 11) is 0. The highest BCUT2D eigenvalue weighted by Gasteiger charge is 2.38. The summed E-state index contributed by atoms with van der Waals surface area (Å²) in [5.74, 6) is 0.0173. The largest absolute Gasteiger partial charge is 0.379 e. The Morgan fingerprint density at radius 3 is 2.70 bits per heavy atom. The minimum atomic E-state index is -0.487. The number of carbonyl (C=O) groups excluding carboxylic acids is 2. The van der Waals surface area contributed by atoms with Gasteiger partial charge in [-0.25, -0.2) is 0 Å². The quantitative estimate of drug-likeness (QED) is 0.890. The second kappa shape index (κ2) is 6.98. The van der Waals surface area contributed by atoms with Gasteiger partial charge >= 0.3 is 0 Å². The lowest BCUT2D eigenvalue weighted by Crippen LogP contribution is -2.47. The number of rotatable bonds is 4. The molecule has 3 rings (SSSR count). The molecule has 0 aromatic carbocycles. The molecule has 0 spiro atoms. The van der Waals surface area contributed by atoms with E-state index in [-0.39, 0.29) is 5.91 Å². The highest BCUT2D eigenvalue weighted by molar-refractivity contribution is 7.12. The number of hydrogen-bond donors (Lipinski definition) is 1. The van der Waals surface area contributed by atoms with E-state index in [2.05, 4.69) is 11.8 Å². The van der Waals surface area contributed by atoms with Gasteiger partial charge in [0.05, 0.1) is 23.7 Å². The number of carbonyl (C=O) groups is 2. The predicted molar refractivity (Wildman–Crippen MR) is 88.7 cm³/mol. The number of likely N-dealkylation sites (tertiary alicyclic amines) is 1. The topological polar surface area (TPSA) is 75.9 Å². The molecule has 2 aliphatic rings. The maximum absolute atomic E-state index is 12.7. The summed E-state index contributed by atoms with van der Waals surface area (Å²) in [6.45, 7) is 7.13. The highest BCUT2D eigenvalue weighted by Crippen LogP contribution is 2.28. The number of nitrogens with two attached hydrogens (primary N) is 1. The van der Waals surface area contributed by atoms with E-state index < -0.39 is 5.91 Å². The van der Waals surface area contributed by atoms with Crippen molar-refractivity contribution in [2.45, 2.75) is 19.4 Å². The molecule has 1 aromatic heterocycles. The van der Waals surface area contributed by atoms with Gasteiger partial charge in [0, 0.05) is 37.6 Å². The fraction of sp³-hybridized carbons (Fsp3) is 0.625. The summed E-state index contributed by atoms with van der Waals surface area (Å²) in [4.78, 5) is 28.9. The molecule has 126 valence electrons. The summed E-state index contributed by atoms with van der Waals surface area (Å²) >= 11 is 1.29. The molecule has 2 atom stereocenters. The van der Waals surface area contributed by atoms with Crippen LogP contribution in [0.15, 0.2) is 11.4 Å². The van der Waals surface area contributed by atoms with E-state index in [1.54, 1.807) is 11.4 Å². The van der Waals surface area contributed by atoms with Gasteiger partial charge in [-0.2, -0.15) is 0 Å². The van der Waals surface area contributed by atoms with E-state index in [4.69, 9.17) is 10.5 Å². The van der Waals surface area contributed by atoms with Crippen molar-refractivity contribution < 1.29 is 14.3 Å². The number of primary amides is 1. The van der Waals surface area contributed by atoms with Crippen molar-refractivity contribution in [3.8, 4) is 0 Å². The highest BCUT2D eigenvalue weighted by atomic mass is 32.1. The summed E-state index contributed by atoms with van der Waals surface area (Å²) in [6, 6.07) is 2.02. The molecule has 3 heterocycles. The van der Waals surface area contributed by atoms with Gasteiger partial charge < -0.3 is 15.4 Å². The Bertz CT molecular complexity index is 583. The van der Waals surface area contributed by atoms with Gasteiger partial charge in [0.25, 0.3) is 5.91 Å². The number of morpholine rings is 1. The zero-order valence-electron chi connectivity index (χ0n) is 13.4. The normalized spacial score (nSPS) is 25.7. The number of hydrogen-bond acceptors (Lipinski definition) is 5. The molecule has 1 aromatic rings. The van der Waals surface area contributed by atoms with Crippen molar-refractivity contribution in [2.75, 3.05) is 39.4 Å². The Kier molecular flexibility index (Phi) is 4.99. The van der Waals surface area contributed by atoms with Gasteiger partial charge in [-0.05, 0) is 12.0 Å². The van der Waals surface area contributed by atoms with Crippen LogP contribution in [-0.4, -0.2) is 67.0 Å². The van der Waals surface area contributed by atoms with E-state index in [0.717, 1.165) is 45.8 Å². The third-order valence-electron chi connectivity index (χ3n) is 4.83. The van der Waals surface area contributed by atoms with E-state index in [1.807, 2.05) is 4.90 Å². The fourth-order valence-electron chi connectivity index (χ4n) is 3.48. The third kappa shape index (κ3) is 3.41. The molecule has 6 nitrogen and oxygen atoms in total. The second-order valence-electron chi connectivity index (χ2n) is 6.16. The molecule has 2 amide bonds. The molecular weight excluding hydrogens is 314 g/mol. The predicted octanol–water partition coefficient (Wildman–Crippen LogP) is 1.03. The van der Waals surface area contributed by atoms with Gasteiger partial charge in [-0.1, -0.05) is 13.3 Å². The number of nitrogens with zero attached hydrogens (tertiary/aromatic N) is 2. The molecule has 2 saturated heterocycles. The lowest BCUT2D eigenvalue weighted by molar-refractivity contribution is 0.0103. The van der Waals surface area contributed by atoms with Crippen LogP contribution in [0.1, 0.15) is 33.4 Å². The van der Waals surface area contributed by atoms with Crippen LogP contribution < -0.4 is 5.73 Å². The van der Waals surface area contributed by atoms with Gasteiger partial charge in [0.2, 0.25) is 5.91 Å². The third-order valence-corrected chi connectivity index (χ3v) is 5.75. The Balaban J connectivity index is 1.70. The Morgan fingerprint density at radius 1 is 1.35 bits per heavy atom. The van der Waals surface area contributed by atoms with Gasteiger partial charge in [0.1, 0.15) is 0 Å². The van der Waals surface area contributed by atoms with Crippen molar-refractivity contribution >= 4 is 23.2 Å². The van der Waals surface area contributed by atoms with Crippen LogP contribution in [0.5, 0.6) is 0 Å². The van der Waals surface area contributed by atoms with Crippen LogP contribution in [0.3, 0.4) is 0 Å². The molecule has 23 heavy (non-hydrogen) atoms. The summed E-state index contributed by atoms with van der Waals surface area (Å²) in [5, 5.41) is 1.66. The SMILES string of the molecule is CC[C@H]1CN(C(=O)c2cc(C(N)=O)cs2)C[C@@H]1N1CCOCC1. The second-order valence-corrected chi connectivity index (χ2v) is 7.07. The number of amides is 2. The molecule has 2 fully saturated rings. The molecule has 0 aliphatic carbocycles. The first kappa shape index (κ1) is 16.4. The summed E-state index contributed by atoms with van der Waals surface area (Å²) in [6.07, 6.45) is 1.06. The lowest BCUT2D eigenvalue weighted by Gasteiger charge is -2.34. The molecule has 0 unspecified atom stereocenters. The van der Waals surface area contributed by atoms with Crippen LogP contribution in [0.4, 0.5) is 0 Å². The maximum Gasteiger partial charge on any atom is 0.264 e. The Morgan fingerprint density at radius 2 is 2.09 bits per heavy atom. The number of thiophene rings is 1. The first-order chi connectivity index (χ1) is 11.1. The smallest absolute Gasteiger partial charge is 0.264 e. The monoisotopic (exact) mass is 337 g/mol. The van der Waals surface area contributed by atoms with Crippen LogP contribution in [0, 0.1) is 5.92 Å². The minimum Gasteiger partial charge on any atom is -0.379 e. The molecule has 2 aliphatic heterocycles. The van der Waals surface area contributed by atoms with E-state index in [0.29, 0.717) is 22.4 Å². The van der Waals surface area contributed by atoms with E-state index in [9.17, 15) is 9.59 Å². The minimum absolute atomic E-state index is 0.0108. The van der Waals surface area contributed by atoms with E-state index >= 15 is 0 Å². The molecule has 0 saturated carbocycles. The van der Waals surface area contributed by atoms with Crippen molar-refractivity contribution in [3.05, 3.63) is 21.9 Å². The molecule has 0 bridgehead atoms. The van der Waals surface area contributed by atoms with Crippen LogP contribution in [0.2, 0.25) is 0 Å². The molecular formula is C16H23N3O3S. The Hall–Kier alpha value is -1.44. The zero-order chi connectivity index (χ0) is 16.4. The fourth-order valence-corrected chi connectivity index (χ4v) is 4.34. The van der Waals surface area contributed by atoms with Gasteiger partial charge in [-0.15, -0.1) is 11.3 Å².